The van der Waals surface area contributed by atoms with Crippen molar-refractivity contribution in [1.82, 2.24) is 0 Å². The van der Waals surface area contributed by atoms with Gasteiger partial charge in [-0.05, 0) is 41.8 Å². The van der Waals surface area contributed by atoms with Gasteiger partial charge in [0.05, 0.1) is 12.7 Å². The molecule has 3 rings (SSSR count). The zero-order valence-corrected chi connectivity index (χ0v) is 17.6. The summed E-state index contributed by atoms with van der Waals surface area (Å²) in [5.41, 5.74) is 3.01. The summed E-state index contributed by atoms with van der Waals surface area (Å²) in [6.45, 7) is 2.00. The number of nitrogens with one attached hydrogen (secondary N) is 1. The van der Waals surface area contributed by atoms with Crippen LogP contribution in [0.15, 0.2) is 72.8 Å². The highest BCUT2D eigenvalue weighted by molar-refractivity contribution is 5.96. The molecule has 160 valence electrons. The second kappa shape index (κ2) is 10.8. The fourth-order valence-electron chi connectivity index (χ4n) is 3.00. The van der Waals surface area contributed by atoms with Gasteiger partial charge < -0.3 is 19.5 Å². The molecule has 31 heavy (non-hydrogen) atoms. The van der Waals surface area contributed by atoms with E-state index in [9.17, 15) is 9.59 Å². The van der Waals surface area contributed by atoms with Crippen LogP contribution in [-0.4, -0.2) is 25.6 Å². The number of hydrogen-bond donors (Lipinski definition) is 1. The largest absolute Gasteiger partial charge is 0.493 e. The van der Waals surface area contributed by atoms with Gasteiger partial charge in [-0.1, -0.05) is 55.5 Å². The molecule has 0 aliphatic rings. The predicted molar refractivity (Wildman–Crippen MR) is 119 cm³/mol. The summed E-state index contributed by atoms with van der Waals surface area (Å²) in [5, 5.41) is 2.77. The van der Waals surface area contributed by atoms with Gasteiger partial charge in [-0.25, -0.2) is 4.79 Å². The number of methoxy groups -OCH3 is 1. The lowest BCUT2D eigenvalue weighted by atomic mass is 10.1. The number of aryl methyl sites for hydroxylation is 1. The summed E-state index contributed by atoms with van der Waals surface area (Å²) in [5.74, 6) is -0.0978. The lowest BCUT2D eigenvalue weighted by Gasteiger charge is -2.13. The number of ether oxygens (including phenoxy) is 3. The fraction of sp³-hybridized carbons (Fsp3) is 0.200. The van der Waals surface area contributed by atoms with Crippen LogP contribution in [0.3, 0.4) is 0 Å². The molecule has 0 bridgehead atoms. The molecule has 3 aromatic carbocycles. The van der Waals surface area contributed by atoms with Crippen molar-refractivity contribution in [3.8, 4) is 11.5 Å². The quantitative estimate of drug-likeness (QED) is 0.512. The van der Waals surface area contributed by atoms with Gasteiger partial charge in [0.2, 0.25) is 0 Å². The van der Waals surface area contributed by atoms with Crippen molar-refractivity contribution in [2.45, 2.75) is 20.0 Å². The number of rotatable bonds is 9. The fourth-order valence-corrected chi connectivity index (χ4v) is 3.00. The molecule has 0 aliphatic heterocycles. The summed E-state index contributed by atoms with van der Waals surface area (Å²) < 4.78 is 16.3. The molecule has 0 saturated carbocycles. The van der Waals surface area contributed by atoms with Gasteiger partial charge in [-0.15, -0.1) is 0 Å². The highest BCUT2D eigenvalue weighted by atomic mass is 16.5. The van der Waals surface area contributed by atoms with Gasteiger partial charge in [0.25, 0.3) is 5.91 Å². The Morgan fingerprint density at radius 1 is 0.903 bits per heavy atom. The molecule has 0 atom stereocenters. The summed E-state index contributed by atoms with van der Waals surface area (Å²) in [6, 6.07) is 22.0. The first kappa shape index (κ1) is 21.9. The standard InChI is InChI=1S/C25H25NO5/c1-3-19-11-7-8-12-21(19)26-24(27)17-31-25(28)20-13-14-22(23(15-20)29-2)30-16-18-9-5-4-6-10-18/h4-15H,3,16-17H2,1-2H3,(H,26,27). The van der Waals surface area contributed by atoms with E-state index in [1.807, 2.05) is 61.5 Å². The Bertz CT molecular complexity index is 1030. The summed E-state index contributed by atoms with van der Waals surface area (Å²) in [7, 11) is 1.50. The van der Waals surface area contributed by atoms with Crippen LogP contribution in [-0.2, 0) is 22.6 Å². The molecule has 6 heteroatoms. The van der Waals surface area contributed by atoms with Crippen molar-refractivity contribution in [3.05, 3.63) is 89.5 Å². The SMILES string of the molecule is CCc1ccccc1NC(=O)COC(=O)c1ccc(OCc2ccccc2)c(OC)c1. The van der Waals surface area contributed by atoms with Crippen LogP contribution in [0, 0.1) is 0 Å². The number of carbonyl (C=O) groups excluding carboxylic acids is 2. The number of para-hydroxylation sites is 1. The second-order valence-electron chi connectivity index (χ2n) is 6.77. The van der Waals surface area contributed by atoms with Gasteiger partial charge in [0.15, 0.2) is 18.1 Å². The van der Waals surface area contributed by atoms with E-state index in [4.69, 9.17) is 14.2 Å². The monoisotopic (exact) mass is 419 g/mol. The van der Waals surface area contributed by atoms with Crippen LogP contribution in [0.4, 0.5) is 5.69 Å². The van der Waals surface area contributed by atoms with Gasteiger partial charge in [0.1, 0.15) is 6.61 Å². The maximum Gasteiger partial charge on any atom is 0.338 e. The van der Waals surface area contributed by atoms with E-state index in [2.05, 4.69) is 5.32 Å². The highest BCUT2D eigenvalue weighted by Crippen LogP contribution is 2.29. The minimum absolute atomic E-state index is 0.269. The van der Waals surface area contributed by atoms with Crippen LogP contribution in [0.2, 0.25) is 0 Å². The van der Waals surface area contributed by atoms with E-state index in [1.54, 1.807) is 12.1 Å². The van der Waals surface area contributed by atoms with Crippen molar-refractivity contribution in [3.63, 3.8) is 0 Å². The molecule has 0 saturated heterocycles. The molecular formula is C25H25NO5. The van der Waals surface area contributed by atoms with E-state index in [-0.39, 0.29) is 12.2 Å². The molecular weight excluding hydrogens is 394 g/mol. The molecule has 6 nitrogen and oxygen atoms in total. The lowest BCUT2D eigenvalue weighted by Crippen LogP contribution is -2.21. The minimum Gasteiger partial charge on any atom is -0.493 e. The van der Waals surface area contributed by atoms with E-state index in [0.717, 1.165) is 17.5 Å². The third-order valence-corrected chi connectivity index (χ3v) is 4.64. The minimum atomic E-state index is -0.619. The number of benzene rings is 3. The van der Waals surface area contributed by atoms with Gasteiger partial charge in [-0.2, -0.15) is 0 Å². The average molecular weight is 419 g/mol. The Morgan fingerprint density at radius 3 is 2.39 bits per heavy atom. The van der Waals surface area contributed by atoms with E-state index in [1.165, 1.54) is 13.2 Å². The molecule has 0 radical (unpaired) electrons. The normalized spacial score (nSPS) is 10.3. The number of amides is 1. The molecule has 0 aromatic heterocycles. The highest BCUT2D eigenvalue weighted by Gasteiger charge is 2.15. The van der Waals surface area contributed by atoms with Crippen molar-refractivity contribution in [2.24, 2.45) is 0 Å². The molecule has 1 amide bonds. The smallest absolute Gasteiger partial charge is 0.338 e. The maximum absolute atomic E-state index is 12.4. The number of anilines is 1. The van der Waals surface area contributed by atoms with Crippen LogP contribution >= 0.6 is 0 Å². The van der Waals surface area contributed by atoms with E-state index < -0.39 is 11.9 Å². The van der Waals surface area contributed by atoms with Crippen LogP contribution < -0.4 is 14.8 Å². The Morgan fingerprint density at radius 2 is 1.65 bits per heavy atom. The van der Waals surface area contributed by atoms with Crippen LogP contribution in [0.1, 0.15) is 28.4 Å². The van der Waals surface area contributed by atoms with Crippen molar-refractivity contribution >= 4 is 17.6 Å². The third-order valence-electron chi connectivity index (χ3n) is 4.64. The first-order chi connectivity index (χ1) is 15.1. The van der Waals surface area contributed by atoms with Gasteiger partial charge >= 0.3 is 5.97 Å². The summed E-state index contributed by atoms with van der Waals surface area (Å²) in [4.78, 5) is 24.6. The Balaban J connectivity index is 1.57. The lowest BCUT2D eigenvalue weighted by molar-refractivity contribution is -0.119. The topological polar surface area (TPSA) is 73.9 Å². The van der Waals surface area contributed by atoms with Crippen molar-refractivity contribution < 1.29 is 23.8 Å². The number of esters is 1. The van der Waals surface area contributed by atoms with Crippen molar-refractivity contribution in [2.75, 3.05) is 19.0 Å². The average Bonchev–Trinajstić information content (AvgIpc) is 2.82. The Hall–Kier alpha value is -3.80. The van der Waals surface area contributed by atoms with E-state index >= 15 is 0 Å². The van der Waals surface area contributed by atoms with Gasteiger partial charge in [0, 0.05) is 5.69 Å². The number of hydrogen-bond acceptors (Lipinski definition) is 5. The molecule has 0 unspecified atom stereocenters. The Kier molecular flexibility index (Phi) is 7.65. The van der Waals surface area contributed by atoms with E-state index in [0.29, 0.717) is 23.8 Å². The first-order valence-electron chi connectivity index (χ1n) is 10.0. The second-order valence-corrected chi connectivity index (χ2v) is 6.77. The summed E-state index contributed by atoms with van der Waals surface area (Å²) in [6.07, 6.45) is 0.786. The molecule has 3 aromatic rings. The third kappa shape index (κ3) is 6.09. The maximum atomic E-state index is 12.4. The zero-order chi connectivity index (χ0) is 22.1. The van der Waals surface area contributed by atoms with Crippen molar-refractivity contribution in [1.29, 1.82) is 0 Å². The first-order valence-corrected chi connectivity index (χ1v) is 10.0. The van der Waals surface area contributed by atoms with Gasteiger partial charge in [-0.3, -0.25) is 4.79 Å². The predicted octanol–water partition coefficient (Wildman–Crippen LogP) is 4.63. The molecule has 0 fully saturated rings. The van der Waals surface area contributed by atoms with Crippen LogP contribution in [0.25, 0.3) is 0 Å². The zero-order valence-electron chi connectivity index (χ0n) is 17.6. The molecule has 0 heterocycles. The Labute approximate surface area is 181 Å². The number of carbonyl (C=O) groups is 2. The molecule has 1 N–H and O–H groups in total. The molecule has 0 spiro atoms. The molecule has 0 aliphatic carbocycles. The van der Waals surface area contributed by atoms with Crippen LogP contribution in [0.5, 0.6) is 11.5 Å². The summed E-state index contributed by atoms with van der Waals surface area (Å²) >= 11 is 0.